The molecule has 5 nitrogen and oxygen atoms in total. The van der Waals surface area contributed by atoms with Crippen LogP contribution in [0.15, 0.2) is 22.5 Å². The largest absolute Gasteiger partial charge is 0.386 e. The van der Waals surface area contributed by atoms with E-state index < -0.39 is 6.10 Å². The van der Waals surface area contributed by atoms with Crippen molar-refractivity contribution in [2.45, 2.75) is 45.8 Å². The predicted octanol–water partition coefficient (Wildman–Crippen LogP) is 3.94. The van der Waals surface area contributed by atoms with Crippen LogP contribution in [-0.2, 0) is 12.0 Å². The molecule has 0 saturated heterocycles. The van der Waals surface area contributed by atoms with Crippen molar-refractivity contribution < 1.29 is 5.11 Å². The average molecular weight is 401 g/mol. The molecule has 2 heterocycles. The summed E-state index contributed by atoms with van der Waals surface area (Å²) in [5.41, 5.74) is 1.14. The standard InChI is InChI=1S/C17H25ClN4OS2/c1-5-19-16(20-8-11(23)12-6-7-14(18)25-12)21-9-15-22-13(10-24-15)17(2,3)4/h6-7,10-11,23H,5,8-9H2,1-4H3,(H2,19,20,21). The number of nitrogens with zero attached hydrogens (tertiary/aromatic N) is 2. The van der Waals surface area contributed by atoms with Crippen LogP contribution < -0.4 is 10.6 Å². The Labute approximate surface area is 162 Å². The molecule has 1 atom stereocenters. The molecule has 0 aromatic carbocycles. The molecule has 2 aromatic heterocycles. The van der Waals surface area contributed by atoms with Crippen LogP contribution in [-0.4, -0.2) is 29.1 Å². The molecule has 0 radical (unpaired) electrons. The number of aliphatic hydroxyl groups excluding tert-OH is 1. The van der Waals surface area contributed by atoms with E-state index in [0.29, 0.717) is 23.4 Å². The normalized spacial score (nSPS) is 13.8. The zero-order valence-corrected chi connectivity index (χ0v) is 17.4. The fourth-order valence-corrected chi connectivity index (χ4v) is 4.01. The first kappa shape index (κ1) is 20.2. The molecule has 0 bridgehead atoms. The van der Waals surface area contributed by atoms with Crippen LogP contribution in [0.4, 0.5) is 0 Å². The third-order valence-corrected chi connectivity index (χ3v) is 5.59. The van der Waals surface area contributed by atoms with Crippen LogP contribution >= 0.6 is 34.3 Å². The minimum absolute atomic E-state index is 0.0489. The van der Waals surface area contributed by atoms with Crippen molar-refractivity contribution in [2.75, 3.05) is 13.1 Å². The highest BCUT2D eigenvalue weighted by Gasteiger charge is 2.17. The Bertz CT molecular complexity index is 706. The summed E-state index contributed by atoms with van der Waals surface area (Å²) in [7, 11) is 0. The van der Waals surface area contributed by atoms with E-state index in [-0.39, 0.29) is 5.41 Å². The molecule has 2 aromatic rings. The van der Waals surface area contributed by atoms with Gasteiger partial charge < -0.3 is 15.7 Å². The van der Waals surface area contributed by atoms with Gasteiger partial charge in [-0.15, -0.1) is 22.7 Å². The first-order chi connectivity index (χ1) is 11.8. The van der Waals surface area contributed by atoms with Gasteiger partial charge >= 0.3 is 0 Å². The van der Waals surface area contributed by atoms with Crippen molar-refractivity contribution in [3.63, 3.8) is 0 Å². The van der Waals surface area contributed by atoms with Crippen LogP contribution in [0, 0.1) is 0 Å². The van der Waals surface area contributed by atoms with Gasteiger partial charge in [0.15, 0.2) is 5.96 Å². The van der Waals surface area contributed by atoms with Gasteiger partial charge in [-0.05, 0) is 19.1 Å². The van der Waals surface area contributed by atoms with Crippen molar-refractivity contribution in [2.24, 2.45) is 4.99 Å². The van der Waals surface area contributed by atoms with E-state index >= 15 is 0 Å². The lowest BCUT2D eigenvalue weighted by Gasteiger charge is -2.14. The highest BCUT2D eigenvalue weighted by molar-refractivity contribution is 7.16. The molecule has 138 valence electrons. The second-order valence-corrected chi connectivity index (χ2v) is 9.30. The second-order valence-electron chi connectivity index (χ2n) is 6.61. The quantitative estimate of drug-likeness (QED) is 0.507. The lowest BCUT2D eigenvalue weighted by atomic mass is 9.93. The molecule has 0 amide bonds. The van der Waals surface area contributed by atoms with Crippen LogP contribution in [0.3, 0.4) is 0 Å². The van der Waals surface area contributed by atoms with E-state index in [9.17, 15) is 5.11 Å². The van der Waals surface area contributed by atoms with Gasteiger partial charge in [-0.3, -0.25) is 0 Å². The highest BCUT2D eigenvalue weighted by atomic mass is 35.5. The maximum absolute atomic E-state index is 10.2. The number of thiazole rings is 1. The average Bonchev–Trinajstić information content (AvgIpc) is 3.18. The maximum Gasteiger partial charge on any atom is 0.191 e. The van der Waals surface area contributed by atoms with Crippen LogP contribution in [0.25, 0.3) is 0 Å². The number of hydrogen-bond donors (Lipinski definition) is 3. The molecule has 0 aliphatic heterocycles. The molecular weight excluding hydrogens is 376 g/mol. The van der Waals surface area contributed by atoms with Gasteiger partial charge in [0, 0.05) is 28.8 Å². The van der Waals surface area contributed by atoms with Crippen molar-refractivity contribution in [1.82, 2.24) is 15.6 Å². The Balaban J connectivity index is 1.94. The first-order valence-electron chi connectivity index (χ1n) is 8.20. The lowest BCUT2D eigenvalue weighted by molar-refractivity contribution is 0.184. The van der Waals surface area contributed by atoms with Gasteiger partial charge in [0.05, 0.1) is 16.6 Å². The zero-order valence-electron chi connectivity index (χ0n) is 15.0. The van der Waals surface area contributed by atoms with Crippen LogP contribution in [0.5, 0.6) is 0 Å². The summed E-state index contributed by atoms with van der Waals surface area (Å²) >= 11 is 8.92. The molecule has 3 N–H and O–H groups in total. The molecule has 8 heteroatoms. The molecule has 0 fully saturated rings. The number of guanidine groups is 1. The summed E-state index contributed by atoms with van der Waals surface area (Å²) < 4.78 is 0.674. The molecule has 25 heavy (non-hydrogen) atoms. The number of rotatable bonds is 6. The van der Waals surface area contributed by atoms with Crippen molar-refractivity contribution in [3.05, 3.63) is 37.4 Å². The lowest BCUT2D eigenvalue weighted by Crippen LogP contribution is -2.39. The number of aliphatic imine (C=N–C) groups is 1. The van der Waals surface area contributed by atoms with E-state index in [4.69, 9.17) is 11.6 Å². The number of hydrogen-bond acceptors (Lipinski definition) is 5. The van der Waals surface area contributed by atoms with E-state index in [1.54, 1.807) is 17.4 Å². The fourth-order valence-electron chi connectivity index (χ4n) is 2.02. The summed E-state index contributed by atoms with van der Waals surface area (Å²) in [4.78, 5) is 10.0. The minimum Gasteiger partial charge on any atom is -0.386 e. The van der Waals surface area contributed by atoms with Gasteiger partial charge in [0.1, 0.15) is 11.1 Å². The molecule has 1 unspecified atom stereocenters. The fraction of sp³-hybridized carbons (Fsp3) is 0.529. The number of aliphatic hydroxyl groups is 1. The Morgan fingerprint density at radius 3 is 2.68 bits per heavy atom. The van der Waals surface area contributed by atoms with Crippen molar-refractivity contribution in [3.8, 4) is 0 Å². The summed E-state index contributed by atoms with van der Waals surface area (Å²) in [6.45, 7) is 10.1. The molecule has 0 aliphatic carbocycles. The molecule has 0 saturated carbocycles. The van der Waals surface area contributed by atoms with Crippen molar-refractivity contribution in [1.29, 1.82) is 0 Å². The van der Waals surface area contributed by atoms with Crippen LogP contribution in [0.2, 0.25) is 4.34 Å². The van der Waals surface area contributed by atoms with E-state index in [1.165, 1.54) is 11.3 Å². The highest BCUT2D eigenvalue weighted by Crippen LogP contribution is 2.26. The number of aromatic nitrogens is 1. The molecular formula is C17H25ClN4OS2. The van der Waals surface area contributed by atoms with Gasteiger partial charge in [-0.1, -0.05) is 32.4 Å². The first-order valence-corrected chi connectivity index (χ1v) is 10.3. The number of thiophene rings is 1. The summed E-state index contributed by atoms with van der Waals surface area (Å²) in [5.74, 6) is 0.664. The molecule has 0 spiro atoms. The maximum atomic E-state index is 10.2. The monoisotopic (exact) mass is 400 g/mol. The minimum atomic E-state index is -0.617. The Kier molecular flexibility index (Phi) is 7.25. The zero-order chi connectivity index (χ0) is 18.4. The van der Waals surface area contributed by atoms with Gasteiger partial charge in [0.25, 0.3) is 0 Å². The van der Waals surface area contributed by atoms with E-state index in [2.05, 4.69) is 46.8 Å². The SMILES string of the molecule is CCNC(=NCc1nc(C(C)(C)C)cs1)NCC(O)c1ccc(Cl)s1. The second kappa shape index (κ2) is 8.98. The van der Waals surface area contributed by atoms with Crippen molar-refractivity contribution >= 4 is 40.2 Å². The smallest absolute Gasteiger partial charge is 0.191 e. The number of halogens is 1. The predicted molar refractivity (Wildman–Crippen MR) is 108 cm³/mol. The third-order valence-electron chi connectivity index (χ3n) is 3.42. The van der Waals surface area contributed by atoms with Gasteiger partial charge in [-0.25, -0.2) is 9.98 Å². The van der Waals surface area contributed by atoms with E-state index in [0.717, 1.165) is 22.1 Å². The Morgan fingerprint density at radius 1 is 1.36 bits per heavy atom. The topological polar surface area (TPSA) is 69.5 Å². The summed E-state index contributed by atoms with van der Waals surface area (Å²) in [6, 6.07) is 3.63. The summed E-state index contributed by atoms with van der Waals surface area (Å²) in [6.07, 6.45) is -0.617. The Hall–Kier alpha value is -1.15. The van der Waals surface area contributed by atoms with Gasteiger partial charge in [0.2, 0.25) is 0 Å². The Morgan fingerprint density at radius 2 is 2.12 bits per heavy atom. The van der Waals surface area contributed by atoms with Gasteiger partial charge in [-0.2, -0.15) is 0 Å². The third kappa shape index (κ3) is 6.26. The number of nitrogens with one attached hydrogen (secondary N) is 2. The van der Waals surface area contributed by atoms with Crippen LogP contribution in [0.1, 0.15) is 49.4 Å². The summed E-state index contributed by atoms with van der Waals surface area (Å²) in [5, 5.41) is 19.6. The molecule has 2 rings (SSSR count). The van der Waals surface area contributed by atoms with E-state index in [1.807, 2.05) is 13.0 Å². The molecule has 0 aliphatic rings.